The molecule has 0 bridgehead atoms. The van der Waals surface area contributed by atoms with Crippen molar-refractivity contribution in [3.05, 3.63) is 53.3 Å². The average molecular weight is 387 g/mol. The first-order valence-electron chi connectivity index (χ1n) is 9.66. The molecule has 0 radical (unpaired) electrons. The van der Waals surface area contributed by atoms with Crippen LogP contribution < -0.4 is 11.1 Å². The van der Waals surface area contributed by atoms with Gasteiger partial charge in [0.15, 0.2) is 11.6 Å². The summed E-state index contributed by atoms with van der Waals surface area (Å²) in [5.74, 6) is 1.08. The van der Waals surface area contributed by atoms with Crippen molar-refractivity contribution in [2.45, 2.75) is 25.8 Å². The number of nitrogens with zero attached hydrogens (tertiary/aromatic N) is 3. The van der Waals surface area contributed by atoms with E-state index in [9.17, 15) is 4.79 Å². The van der Waals surface area contributed by atoms with Crippen molar-refractivity contribution in [1.29, 1.82) is 0 Å². The first-order valence-corrected chi connectivity index (χ1v) is 9.66. The standard InChI is InChI=1S/C21H21N7O/c1-11-13(4-2-5-14(11)19(22)29)18-15-10-12(7-8-16(15)25-26-18)20-24-21(28-27-20)17-6-3-9-23-17/h2,4-5,7-8,10,17,23H,3,6,9H2,1H3,(H2,22,29)(H,25,26)(H,24,27,28). The maximum atomic E-state index is 11.7. The minimum atomic E-state index is -0.445. The lowest BCUT2D eigenvalue weighted by Crippen LogP contribution is -2.14. The molecule has 0 saturated carbocycles. The highest BCUT2D eigenvalue weighted by molar-refractivity contribution is 6.00. The van der Waals surface area contributed by atoms with E-state index in [0.29, 0.717) is 5.56 Å². The van der Waals surface area contributed by atoms with Crippen LogP contribution >= 0.6 is 0 Å². The molecular formula is C21H21N7O. The van der Waals surface area contributed by atoms with Crippen molar-refractivity contribution in [3.63, 3.8) is 0 Å². The molecule has 8 heteroatoms. The number of benzene rings is 2. The highest BCUT2D eigenvalue weighted by Crippen LogP contribution is 2.32. The van der Waals surface area contributed by atoms with Crippen LogP contribution in [0, 0.1) is 6.92 Å². The maximum Gasteiger partial charge on any atom is 0.248 e. The fraction of sp³-hybridized carbons (Fsp3) is 0.238. The van der Waals surface area contributed by atoms with Crippen LogP contribution in [0.1, 0.15) is 40.6 Å². The number of aromatic amines is 2. The van der Waals surface area contributed by atoms with Gasteiger partial charge < -0.3 is 11.1 Å². The number of nitrogens with one attached hydrogen (secondary N) is 3. The van der Waals surface area contributed by atoms with Crippen LogP contribution in [0.25, 0.3) is 33.5 Å². The van der Waals surface area contributed by atoms with E-state index >= 15 is 0 Å². The Morgan fingerprint density at radius 3 is 2.86 bits per heavy atom. The van der Waals surface area contributed by atoms with Gasteiger partial charge in [-0.2, -0.15) is 10.2 Å². The van der Waals surface area contributed by atoms with Crippen LogP contribution in [0.4, 0.5) is 0 Å². The topological polar surface area (TPSA) is 125 Å². The number of primary amides is 1. The number of rotatable bonds is 4. The number of hydrogen-bond acceptors (Lipinski definition) is 5. The van der Waals surface area contributed by atoms with E-state index in [2.05, 4.69) is 30.7 Å². The Bertz CT molecular complexity index is 1220. The van der Waals surface area contributed by atoms with Crippen LogP contribution in [0.15, 0.2) is 36.4 Å². The lowest BCUT2D eigenvalue weighted by atomic mass is 9.97. The van der Waals surface area contributed by atoms with Crippen molar-refractivity contribution in [3.8, 4) is 22.6 Å². The molecule has 0 spiro atoms. The number of fused-ring (bicyclic) bond motifs is 1. The molecule has 4 aromatic rings. The second kappa shape index (κ2) is 6.82. The molecule has 5 rings (SSSR count). The second-order valence-corrected chi connectivity index (χ2v) is 7.37. The lowest BCUT2D eigenvalue weighted by Gasteiger charge is -2.07. The molecular weight excluding hydrogens is 366 g/mol. The number of nitrogens with two attached hydrogens (primary N) is 1. The predicted molar refractivity (Wildman–Crippen MR) is 110 cm³/mol. The van der Waals surface area contributed by atoms with Crippen LogP contribution in [0.5, 0.6) is 0 Å². The van der Waals surface area contributed by atoms with E-state index in [4.69, 9.17) is 5.73 Å². The molecule has 1 aliphatic rings. The molecule has 1 saturated heterocycles. The Kier molecular flexibility index (Phi) is 4.13. The Hall–Kier alpha value is -3.52. The van der Waals surface area contributed by atoms with Crippen LogP contribution in [0.3, 0.4) is 0 Å². The number of carbonyl (C=O) groups excluding carboxylic acids is 1. The molecule has 8 nitrogen and oxygen atoms in total. The van der Waals surface area contributed by atoms with Gasteiger partial charge in [-0.3, -0.25) is 15.0 Å². The van der Waals surface area contributed by atoms with Gasteiger partial charge in [-0.15, -0.1) is 0 Å². The zero-order valence-electron chi connectivity index (χ0n) is 16.0. The van der Waals surface area contributed by atoms with E-state index in [1.165, 1.54) is 0 Å². The van der Waals surface area contributed by atoms with E-state index < -0.39 is 5.91 Å². The molecule has 0 aliphatic carbocycles. The summed E-state index contributed by atoms with van der Waals surface area (Å²) in [6.45, 7) is 2.89. The van der Waals surface area contributed by atoms with Crippen LogP contribution in [0.2, 0.25) is 0 Å². The highest BCUT2D eigenvalue weighted by atomic mass is 16.1. The smallest absolute Gasteiger partial charge is 0.248 e. The summed E-state index contributed by atoms with van der Waals surface area (Å²) in [6, 6.07) is 11.7. The SMILES string of the molecule is Cc1c(C(N)=O)cccc1-c1n[nH]c2ccc(-c3nc(C4CCCN4)n[nH]3)cc12. The van der Waals surface area contributed by atoms with Crippen LogP contribution in [-0.4, -0.2) is 37.8 Å². The number of hydrogen-bond donors (Lipinski definition) is 4. The van der Waals surface area contributed by atoms with Gasteiger partial charge in [0.2, 0.25) is 5.91 Å². The maximum absolute atomic E-state index is 11.7. The van der Waals surface area contributed by atoms with E-state index in [1.54, 1.807) is 6.07 Å². The summed E-state index contributed by atoms with van der Waals surface area (Å²) in [6.07, 6.45) is 2.19. The third-order valence-electron chi connectivity index (χ3n) is 5.57. The van der Waals surface area contributed by atoms with Gasteiger partial charge >= 0.3 is 0 Å². The monoisotopic (exact) mass is 387 g/mol. The van der Waals surface area contributed by atoms with E-state index in [1.807, 2.05) is 37.3 Å². The summed E-state index contributed by atoms with van der Waals surface area (Å²) in [4.78, 5) is 16.4. The van der Waals surface area contributed by atoms with Crippen molar-refractivity contribution in [2.24, 2.45) is 5.73 Å². The van der Waals surface area contributed by atoms with Gasteiger partial charge in [0.25, 0.3) is 0 Å². The summed E-state index contributed by atoms with van der Waals surface area (Å²) in [5, 5.41) is 19.4. The number of amides is 1. The van der Waals surface area contributed by atoms with Crippen molar-refractivity contribution < 1.29 is 4.79 Å². The number of carbonyl (C=O) groups is 1. The Labute approximate surface area is 166 Å². The van der Waals surface area contributed by atoms with Crippen molar-refractivity contribution in [2.75, 3.05) is 6.54 Å². The lowest BCUT2D eigenvalue weighted by molar-refractivity contribution is 0.1000. The van der Waals surface area contributed by atoms with Gasteiger partial charge in [0.1, 0.15) is 5.69 Å². The van der Waals surface area contributed by atoms with Gasteiger partial charge in [-0.25, -0.2) is 4.98 Å². The van der Waals surface area contributed by atoms with E-state index in [-0.39, 0.29) is 6.04 Å². The average Bonchev–Trinajstić information content (AvgIpc) is 3.47. The Balaban J connectivity index is 1.58. The quantitative estimate of drug-likeness (QED) is 0.428. The predicted octanol–water partition coefficient (Wildman–Crippen LogP) is 2.85. The molecule has 146 valence electrons. The fourth-order valence-electron chi connectivity index (χ4n) is 3.99. The van der Waals surface area contributed by atoms with Gasteiger partial charge in [0.05, 0.1) is 11.6 Å². The summed E-state index contributed by atoms with van der Waals surface area (Å²) < 4.78 is 0. The summed E-state index contributed by atoms with van der Waals surface area (Å²) in [7, 11) is 0. The Morgan fingerprint density at radius 2 is 2.07 bits per heavy atom. The van der Waals surface area contributed by atoms with Gasteiger partial charge in [-0.1, -0.05) is 12.1 Å². The zero-order valence-corrected chi connectivity index (χ0v) is 16.0. The largest absolute Gasteiger partial charge is 0.366 e. The highest BCUT2D eigenvalue weighted by Gasteiger charge is 2.21. The molecule has 2 aromatic carbocycles. The minimum Gasteiger partial charge on any atom is -0.366 e. The fourth-order valence-corrected chi connectivity index (χ4v) is 3.99. The van der Waals surface area contributed by atoms with Crippen molar-refractivity contribution in [1.82, 2.24) is 30.7 Å². The molecule has 1 unspecified atom stereocenters. The van der Waals surface area contributed by atoms with Gasteiger partial charge in [-0.05, 0) is 56.1 Å². The first-order chi connectivity index (χ1) is 14.1. The molecule has 1 fully saturated rings. The minimum absolute atomic E-state index is 0.215. The van der Waals surface area contributed by atoms with E-state index in [0.717, 1.165) is 64.3 Å². The third kappa shape index (κ3) is 2.98. The molecule has 3 heterocycles. The molecule has 1 amide bonds. The zero-order chi connectivity index (χ0) is 20.0. The molecule has 29 heavy (non-hydrogen) atoms. The number of H-pyrrole nitrogens is 2. The Morgan fingerprint density at radius 1 is 1.17 bits per heavy atom. The number of aromatic nitrogens is 5. The molecule has 1 aliphatic heterocycles. The normalized spacial score (nSPS) is 16.5. The summed E-state index contributed by atoms with van der Waals surface area (Å²) in [5.41, 5.74) is 10.3. The molecule has 2 aromatic heterocycles. The van der Waals surface area contributed by atoms with Gasteiger partial charge in [0, 0.05) is 22.1 Å². The van der Waals surface area contributed by atoms with Crippen LogP contribution in [-0.2, 0) is 0 Å². The third-order valence-corrected chi connectivity index (χ3v) is 5.57. The summed E-state index contributed by atoms with van der Waals surface area (Å²) >= 11 is 0. The van der Waals surface area contributed by atoms with Crippen molar-refractivity contribution >= 4 is 16.8 Å². The second-order valence-electron chi connectivity index (χ2n) is 7.37. The molecule has 1 atom stereocenters. The first kappa shape index (κ1) is 17.6. The molecule has 5 N–H and O–H groups in total.